The number of hydrogen-bond acceptors (Lipinski definition) is 3. The van der Waals surface area contributed by atoms with Crippen LogP contribution in [0.1, 0.15) is 42.1 Å². The molecule has 17 heavy (non-hydrogen) atoms. The van der Waals surface area contributed by atoms with E-state index >= 15 is 0 Å². The molecule has 0 atom stereocenters. The summed E-state index contributed by atoms with van der Waals surface area (Å²) in [7, 11) is 0. The summed E-state index contributed by atoms with van der Waals surface area (Å²) >= 11 is 0. The van der Waals surface area contributed by atoms with Crippen LogP contribution in [0.4, 0.5) is 0 Å². The van der Waals surface area contributed by atoms with Gasteiger partial charge in [-0.3, -0.25) is 4.79 Å². The standard InChI is InChI=1S/C14H17NO2/c1-11-10-13(12(2)16)6-7-14(11)17-9-5-3-4-8-15/h6-7,10H,3-5,9H2,1-2H3. The lowest BCUT2D eigenvalue weighted by Gasteiger charge is -2.09. The van der Waals surface area contributed by atoms with E-state index in [9.17, 15) is 4.79 Å². The smallest absolute Gasteiger partial charge is 0.159 e. The van der Waals surface area contributed by atoms with E-state index in [4.69, 9.17) is 10.00 Å². The minimum atomic E-state index is 0.0636. The molecule has 0 aliphatic rings. The van der Waals surface area contributed by atoms with Gasteiger partial charge in [0.2, 0.25) is 0 Å². The van der Waals surface area contributed by atoms with E-state index in [1.807, 2.05) is 19.1 Å². The molecule has 0 spiro atoms. The summed E-state index contributed by atoms with van der Waals surface area (Å²) in [5.74, 6) is 0.876. The molecule has 0 amide bonds. The lowest BCUT2D eigenvalue weighted by atomic mass is 10.1. The molecule has 0 radical (unpaired) electrons. The Hall–Kier alpha value is -1.82. The highest BCUT2D eigenvalue weighted by Gasteiger charge is 2.04. The molecule has 1 rings (SSSR count). The van der Waals surface area contributed by atoms with Gasteiger partial charge in [0.1, 0.15) is 5.75 Å². The van der Waals surface area contributed by atoms with Gasteiger partial charge < -0.3 is 4.74 Å². The molecule has 0 N–H and O–H groups in total. The molecule has 0 fully saturated rings. The second kappa shape index (κ2) is 6.70. The first-order valence-corrected chi connectivity index (χ1v) is 5.76. The van der Waals surface area contributed by atoms with Crippen LogP contribution in [0.3, 0.4) is 0 Å². The van der Waals surface area contributed by atoms with Crippen molar-refractivity contribution < 1.29 is 9.53 Å². The van der Waals surface area contributed by atoms with Crippen molar-refractivity contribution in [3.8, 4) is 11.8 Å². The van der Waals surface area contributed by atoms with Gasteiger partial charge in [0, 0.05) is 12.0 Å². The number of nitriles is 1. The van der Waals surface area contributed by atoms with Gasteiger partial charge in [0.15, 0.2) is 5.78 Å². The summed E-state index contributed by atoms with van der Waals surface area (Å²) in [5, 5.41) is 8.39. The molecule has 0 unspecified atom stereocenters. The molecule has 0 heterocycles. The monoisotopic (exact) mass is 231 g/mol. The predicted molar refractivity (Wildman–Crippen MR) is 66.1 cm³/mol. The molecule has 90 valence electrons. The Morgan fingerprint density at radius 1 is 1.41 bits per heavy atom. The number of Topliss-reactive ketones (excluding diaryl/α,β-unsaturated/α-hetero) is 1. The van der Waals surface area contributed by atoms with E-state index in [-0.39, 0.29) is 5.78 Å². The molecular formula is C14H17NO2. The van der Waals surface area contributed by atoms with Gasteiger partial charge >= 0.3 is 0 Å². The largest absolute Gasteiger partial charge is 0.493 e. The van der Waals surface area contributed by atoms with E-state index in [1.165, 1.54) is 0 Å². The van der Waals surface area contributed by atoms with Crippen LogP contribution in [-0.2, 0) is 0 Å². The van der Waals surface area contributed by atoms with Crippen molar-refractivity contribution in [2.24, 2.45) is 0 Å². The summed E-state index contributed by atoms with van der Waals surface area (Å²) < 4.78 is 5.60. The van der Waals surface area contributed by atoms with Gasteiger partial charge in [0.05, 0.1) is 12.7 Å². The number of ketones is 1. The fourth-order valence-corrected chi connectivity index (χ4v) is 1.52. The molecule has 1 aromatic rings. The van der Waals surface area contributed by atoms with Crippen LogP contribution in [0.2, 0.25) is 0 Å². The quantitative estimate of drug-likeness (QED) is 0.557. The van der Waals surface area contributed by atoms with Gasteiger partial charge in [-0.15, -0.1) is 0 Å². The maximum Gasteiger partial charge on any atom is 0.159 e. The lowest BCUT2D eigenvalue weighted by molar-refractivity contribution is 0.101. The van der Waals surface area contributed by atoms with E-state index < -0.39 is 0 Å². The zero-order valence-electron chi connectivity index (χ0n) is 10.3. The topological polar surface area (TPSA) is 50.1 Å². The van der Waals surface area contributed by atoms with Crippen LogP contribution in [-0.4, -0.2) is 12.4 Å². The Kier molecular flexibility index (Phi) is 5.22. The zero-order valence-corrected chi connectivity index (χ0v) is 10.3. The number of nitrogens with zero attached hydrogens (tertiary/aromatic N) is 1. The van der Waals surface area contributed by atoms with Crippen LogP contribution in [0.15, 0.2) is 18.2 Å². The van der Waals surface area contributed by atoms with Gasteiger partial charge in [-0.25, -0.2) is 0 Å². The molecule has 0 saturated carbocycles. The van der Waals surface area contributed by atoms with Crippen molar-refractivity contribution in [2.75, 3.05) is 6.61 Å². The first-order chi connectivity index (χ1) is 8.15. The van der Waals surface area contributed by atoms with Crippen molar-refractivity contribution in [3.63, 3.8) is 0 Å². The van der Waals surface area contributed by atoms with Crippen molar-refractivity contribution in [3.05, 3.63) is 29.3 Å². The average Bonchev–Trinajstić information content (AvgIpc) is 2.30. The summed E-state index contributed by atoms with van der Waals surface area (Å²) in [6.45, 7) is 4.09. The molecule has 3 nitrogen and oxygen atoms in total. The summed E-state index contributed by atoms with van der Waals surface area (Å²) in [4.78, 5) is 11.2. The molecule has 1 aromatic carbocycles. The van der Waals surface area contributed by atoms with Crippen LogP contribution < -0.4 is 4.74 Å². The van der Waals surface area contributed by atoms with Crippen LogP contribution >= 0.6 is 0 Å². The van der Waals surface area contributed by atoms with Crippen molar-refractivity contribution in [1.82, 2.24) is 0 Å². The highest BCUT2D eigenvalue weighted by atomic mass is 16.5. The van der Waals surface area contributed by atoms with Gasteiger partial charge in [-0.1, -0.05) is 0 Å². The van der Waals surface area contributed by atoms with Crippen molar-refractivity contribution >= 4 is 5.78 Å². The van der Waals surface area contributed by atoms with E-state index in [0.717, 1.165) is 24.2 Å². The Morgan fingerprint density at radius 2 is 2.18 bits per heavy atom. The maximum absolute atomic E-state index is 11.2. The third kappa shape index (κ3) is 4.28. The molecule has 0 aliphatic carbocycles. The first kappa shape index (κ1) is 13.2. The number of hydrogen-bond donors (Lipinski definition) is 0. The number of carbonyl (C=O) groups excluding carboxylic acids is 1. The molecular weight excluding hydrogens is 214 g/mol. The van der Waals surface area contributed by atoms with Gasteiger partial charge in [-0.2, -0.15) is 5.26 Å². The SMILES string of the molecule is CC(=O)c1ccc(OCCCCC#N)c(C)c1. The maximum atomic E-state index is 11.2. The zero-order chi connectivity index (χ0) is 12.7. The first-order valence-electron chi connectivity index (χ1n) is 5.76. The van der Waals surface area contributed by atoms with Crippen LogP contribution in [0.5, 0.6) is 5.75 Å². The minimum absolute atomic E-state index is 0.0636. The Morgan fingerprint density at radius 3 is 2.76 bits per heavy atom. The highest BCUT2D eigenvalue weighted by molar-refractivity contribution is 5.94. The summed E-state index contributed by atoms with van der Waals surface area (Å²) in [5.41, 5.74) is 1.68. The Bertz CT molecular complexity index is 432. The predicted octanol–water partition coefficient (Wildman–Crippen LogP) is 3.27. The van der Waals surface area contributed by atoms with Crippen LogP contribution in [0.25, 0.3) is 0 Å². The minimum Gasteiger partial charge on any atom is -0.493 e. The van der Waals surface area contributed by atoms with Crippen molar-refractivity contribution in [2.45, 2.75) is 33.1 Å². The average molecular weight is 231 g/mol. The number of aryl methyl sites for hydroxylation is 1. The second-order valence-corrected chi connectivity index (χ2v) is 4.00. The third-order valence-corrected chi connectivity index (χ3v) is 2.52. The lowest BCUT2D eigenvalue weighted by Crippen LogP contribution is -2.00. The number of benzene rings is 1. The Labute approximate surface area is 102 Å². The van der Waals surface area contributed by atoms with Crippen molar-refractivity contribution in [1.29, 1.82) is 5.26 Å². The van der Waals surface area contributed by atoms with E-state index in [2.05, 4.69) is 6.07 Å². The number of rotatable bonds is 6. The van der Waals surface area contributed by atoms with Crippen LogP contribution in [0, 0.1) is 18.3 Å². The Balaban J connectivity index is 2.50. The number of carbonyl (C=O) groups is 1. The third-order valence-electron chi connectivity index (χ3n) is 2.52. The second-order valence-electron chi connectivity index (χ2n) is 4.00. The summed E-state index contributed by atoms with van der Waals surface area (Å²) in [6, 6.07) is 7.55. The fourth-order valence-electron chi connectivity index (χ4n) is 1.52. The molecule has 0 bridgehead atoms. The summed E-state index contributed by atoms with van der Waals surface area (Å²) in [6.07, 6.45) is 2.31. The molecule has 0 aromatic heterocycles. The van der Waals surface area contributed by atoms with Gasteiger partial charge in [0.25, 0.3) is 0 Å². The molecule has 0 aliphatic heterocycles. The molecule has 0 saturated heterocycles. The van der Waals surface area contributed by atoms with E-state index in [0.29, 0.717) is 18.6 Å². The number of unbranched alkanes of at least 4 members (excludes halogenated alkanes) is 2. The molecule has 3 heteroatoms. The van der Waals surface area contributed by atoms with Gasteiger partial charge in [-0.05, 0) is 50.5 Å². The fraction of sp³-hybridized carbons (Fsp3) is 0.429. The normalized spacial score (nSPS) is 9.71. The van der Waals surface area contributed by atoms with E-state index in [1.54, 1.807) is 13.0 Å². The highest BCUT2D eigenvalue weighted by Crippen LogP contribution is 2.19. The number of ether oxygens (including phenoxy) is 1.